The van der Waals surface area contributed by atoms with Crippen molar-refractivity contribution in [3.8, 4) is 0 Å². The molecule has 0 saturated carbocycles. The summed E-state index contributed by atoms with van der Waals surface area (Å²) < 4.78 is 0. The van der Waals surface area contributed by atoms with Crippen LogP contribution in [0.4, 0.5) is 5.82 Å². The van der Waals surface area contributed by atoms with Crippen molar-refractivity contribution in [2.45, 2.75) is 46.1 Å². The Balaban J connectivity index is 2.16. The zero-order valence-electron chi connectivity index (χ0n) is 11.2. The van der Waals surface area contributed by atoms with Crippen LogP contribution < -0.4 is 4.90 Å². The summed E-state index contributed by atoms with van der Waals surface area (Å²) in [5.41, 5.74) is 1.35. The van der Waals surface area contributed by atoms with E-state index in [0.717, 1.165) is 17.2 Å². The average Bonchev–Trinajstić information content (AvgIpc) is 2.66. The highest BCUT2D eigenvalue weighted by Gasteiger charge is 2.23. The van der Waals surface area contributed by atoms with Gasteiger partial charge in [0.25, 0.3) is 0 Å². The Morgan fingerprint density at radius 1 is 1.28 bits per heavy atom. The van der Waals surface area contributed by atoms with E-state index in [0.29, 0.717) is 6.04 Å². The van der Waals surface area contributed by atoms with E-state index in [2.05, 4.69) is 35.6 Å². The predicted molar refractivity (Wildman–Crippen MR) is 77.5 cm³/mol. The van der Waals surface area contributed by atoms with Crippen molar-refractivity contribution in [3.05, 3.63) is 16.8 Å². The molecule has 0 radical (unpaired) electrons. The lowest BCUT2D eigenvalue weighted by Crippen LogP contribution is -2.38. The van der Waals surface area contributed by atoms with Crippen molar-refractivity contribution in [2.75, 3.05) is 11.4 Å². The van der Waals surface area contributed by atoms with Crippen LogP contribution >= 0.6 is 11.3 Å². The molecule has 1 fully saturated rings. The van der Waals surface area contributed by atoms with Crippen molar-refractivity contribution in [3.63, 3.8) is 0 Å². The van der Waals surface area contributed by atoms with E-state index in [1.54, 1.807) is 17.7 Å². The number of rotatable bonds is 1. The number of thiophene rings is 1. The Bertz CT molecular complexity index is 576. The van der Waals surface area contributed by atoms with E-state index in [1.165, 1.54) is 35.1 Å². The van der Waals surface area contributed by atoms with Crippen LogP contribution in [-0.4, -0.2) is 22.6 Å². The molecule has 0 amide bonds. The summed E-state index contributed by atoms with van der Waals surface area (Å²) in [6.45, 7) is 7.80. The third kappa shape index (κ3) is 1.79. The molecule has 0 unspecified atom stereocenters. The van der Waals surface area contributed by atoms with Gasteiger partial charge in [0, 0.05) is 17.5 Å². The zero-order valence-corrected chi connectivity index (χ0v) is 12.0. The standard InChI is InChI=1S/C14H19N3S/c1-9-6-4-5-7-17(9)13-12-10(2)11(3)18-14(12)16-8-15-13/h8-9H,4-7H2,1-3H3/t9-/m1/s1. The number of nitrogens with zero attached hydrogens (tertiary/aromatic N) is 3. The maximum absolute atomic E-state index is 4.58. The number of piperidine rings is 1. The van der Waals surface area contributed by atoms with E-state index in [4.69, 9.17) is 0 Å². The van der Waals surface area contributed by atoms with Crippen molar-refractivity contribution in [2.24, 2.45) is 0 Å². The molecule has 4 heteroatoms. The lowest BCUT2D eigenvalue weighted by molar-refractivity contribution is 0.482. The molecule has 0 N–H and O–H groups in total. The fourth-order valence-electron chi connectivity index (χ4n) is 2.79. The first-order valence-corrected chi connectivity index (χ1v) is 7.47. The maximum Gasteiger partial charge on any atom is 0.141 e. The Kier molecular flexibility index (Phi) is 2.98. The van der Waals surface area contributed by atoms with Crippen molar-refractivity contribution in [1.82, 2.24) is 9.97 Å². The average molecular weight is 261 g/mol. The lowest BCUT2D eigenvalue weighted by Gasteiger charge is -2.34. The molecule has 1 aliphatic rings. The number of hydrogen-bond donors (Lipinski definition) is 0. The van der Waals surface area contributed by atoms with Crippen LogP contribution in [-0.2, 0) is 0 Å². The van der Waals surface area contributed by atoms with E-state index < -0.39 is 0 Å². The second-order valence-electron chi connectivity index (χ2n) is 5.20. The van der Waals surface area contributed by atoms with Gasteiger partial charge in [-0.3, -0.25) is 0 Å². The molecule has 1 aliphatic heterocycles. The molecule has 18 heavy (non-hydrogen) atoms. The topological polar surface area (TPSA) is 29.0 Å². The predicted octanol–water partition coefficient (Wildman–Crippen LogP) is 3.69. The van der Waals surface area contributed by atoms with Gasteiger partial charge in [0.2, 0.25) is 0 Å². The van der Waals surface area contributed by atoms with Gasteiger partial charge in [0.15, 0.2) is 0 Å². The van der Waals surface area contributed by atoms with Gasteiger partial charge in [-0.15, -0.1) is 11.3 Å². The Labute approximate surface area is 112 Å². The van der Waals surface area contributed by atoms with Crippen LogP contribution in [0.5, 0.6) is 0 Å². The van der Waals surface area contributed by atoms with Gasteiger partial charge in [-0.2, -0.15) is 0 Å². The molecule has 0 bridgehead atoms. The summed E-state index contributed by atoms with van der Waals surface area (Å²) in [6, 6.07) is 0.594. The van der Waals surface area contributed by atoms with Crippen LogP contribution in [0.2, 0.25) is 0 Å². The molecule has 0 aromatic carbocycles. The number of fused-ring (bicyclic) bond motifs is 1. The summed E-state index contributed by atoms with van der Waals surface area (Å²) >= 11 is 1.78. The third-order valence-corrected chi connectivity index (χ3v) is 5.14. The van der Waals surface area contributed by atoms with Crippen LogP contribution in [0.25, 0.3) is 10.2 Å². The number of hydrogen-bond acceptors (Lipinski definition) is 4. The monoisotopic (exact) mass is 261 g/mol. The largest absolute Gasteiger partial charge is 0.353 e. The summed E-state index contributed by atoms with van der Waals surface area (Å²) in [6.07, 6.45) is 5.60. The first-order valence-electron chi connectivity index (χ1n) is 6.66. The van der Waals surface area contributed by atoms with E-state index in [-0.39, 0.29) is 0 Å². The third-order valence-electron chi connectivity index (χ3n) is 4.02. The molecular weight excluding hydrogens is 242 g/mol. The van der Waals surface area contributed by atoms with Crippen LogP contribution in [0, 0.1) is 13.8 Å². The molecule has 3 heterocycles. The molecule has 3 nitrogen and oxygen atoms in total. The Morgan fingerprint density at radius 2 is 2.11 bits per heavy atom. The summed E-state index contributed by atoms with van der Waals surface area (Å²) in [5, 5.41) is 1.27. The fourth-order valence-corrected chi connectivity index (χ4v) is 3.79. The van der Waals surface area contributed by atoms with Gasteiger partial charge >= 0.3 is 0 Å². The van der Waals surface area contributed by atoms with Gasteiger partial charge in [-0.05, 0) is 45.6 Å². The highest BCUT2D eigenvalue weighted by molar-refractivity contribution is 7.18. The summed E-state index contributed by atoms with van der Waals surface area (Å²) in [4.78, 5) is 14.0. The molecule has 96 valence electrons. The highest BCUT2D eigenvalue weighted by atomic mass is 32.1. The van der Waals surface area contributed by atoms with Crippen molar-refractivity contribution >= 4 is 27.4 Å². The van der Waals surface area contributed by atoms with E-state index in [1.807, 2.05) is 0 Å². The zero-order chi connectivity index (χ0) is 12.7. The van der Waals surface area contributed by atoms with Crippen LogP contribution in [0.15, 0.2) is 6.33 Å². The normalized spacial score (nSPS) is 20.6. The van der Waals surface area contributed by atoms with Gasteiger partial charge in [-0.1, -0.05) is 0 Å². The summed E-state index contributed by atoms with van der Waals surface area (Å²) in [7, 11) is 0. The molecule has 0 spiro atoms. The second-order valence-corrected chi connectivity index (χ2v) is 6.40. The van der Waals surface area contributed by atoms with E-state index >= 15 is 0 Å². The number of anilines is 1. The molecule has 2 aromatic heterocycles. The molecular formula is C14H19N3S. The van der Waals surface area contributed by atoms with Gasteiger partial charge < -0.3 is 4.90 Å². The highest BCUT2D eigenvalue weighted by Crippen LogP contribution is 2.36. The number of aryl methyl sites for hydroxylation is 2. The van der Waals surface area contributed by atoms with E-state index in [9.17, 15) is 0 Å². The Morgan fingerprint density at radius 3 is 2.89 bits per heavy atom. The van der Waals surface area contributed by atoms with Crippen LogP contribution in [0.3, 0.4) is 0 Å². The minimum absolute atomic E-state index is 0.594. The van der Waals surface area contributed by atoms with Crippen molar-refractivity contribution < 1.29 is 0 Å². The number of aromatic nitrogens is 2. The van der Waals surface area contributed by atoms with Gasteiger partial charge in [-0.25, -0.2) is 9.97 Å². The molecule has 0 aliphatic carbocycles. The molecule has 2 aromatic rings. The second kappa shape index (κ2) is 4.50. The minimum atomic E-state index is 0.594. The van der Waals surface area contributed by atoms with Crippen LogP contribution in [0.1, 0.15) is 36.6 Å². The minimum Gasteiger partial charge on any atom is -0.353 e. The maximum atomic E-state index is 4.58. The SMILES string of the molecule is Cc1sc2ncnc(N3CCCC[C@H]3C)c2c1C. The van der Waals surface area contributed by atoms with Gasteiger partial charge in [0.1, 0.15) is 17.0 Å². The summed E-state index contributed by atoms with van der Waals surface area (Å²) in [5.74, 6) is 1.15. The smallest absolute Gasteiger partial charge is 0.141 e. The molecule has 1 atom stereocenters. The first-order chi connectivity index (χ1) is 8.68. The Hall–Kier alpha value is -1.16. The van der Waals surface area contributed by atoms with Crippen molar-refractivity contribution in [1.29, 1.82) is 0 Å². The fraction of sp³-hybridized carbons (Fsp3) is 0.571. The molecule has 1 saturated heterocycles. The molecule has 3 rings (SSSR count). The quantitative estimate of drug-likeness (QED) is 0.784. The first kappa shape index (κ1) is 11.9. The van der Waals surface area contributed by atoms with Gasteiger partial charge in [0.05, 0.1) is 5.39 Å². The lowest BCUT2D eigenvalue weighted by atomic mass is 10.0.